The number of allylic oxidation sites excluding steroid dienone is 10. The van der Waals surface area contributed by atoms with Gasteiger partial charge in [-0.2, -0.15) is 0 Å². The first-order chi connectivity index (χ1) is 29.7. The lowest BCUT2D eigenvalue weighted by Crippen LogP contribution is -2.30. The molecule has 5 N–H and O–H groups in total. The Morgan fingerprint density at radius 2 is 0.952 bits per heavy atom. The van der Waals surface area contributed by atoms with Crippen molar-refractivity contribution in [2.45, 2.75) is 193 Å². The molecular formula is C46H82O14P2. The SMILES string of the molecule is CCCCCCCC/C=C\CCCCCCCCCC(=O)O[C@H](COC(=O)CCC/C=C\C/C=C\C/C=C\C/C=C\CCC[C@@H](C)O)COP(=O)(O)OC[C@@H](O)COP(=O)(O)O. The molecule has 0 radical (unpaired) electrons. The molecule has 4 atom stereocenters. The number of rotatable bonds is 43. The molecule has 0 spiro atoms. The van der Waals surface area contributed by atoms with E-state index in [0.29, 0.717) is 19.3 Å². The molecule has 0 rings (SSSR count). The molecule has 0 saturated carbocycles. The summed E-state index contributed by atoms with van der Waals surface area (Å²) < 4.78 is 47.8. The fraction of sp³-hybridized carbons (Fsp3) is 0.739. The highest BCUT2D eigenvalue weighted by Crippen LogP contribution is 2.43. The van der Waals surface area contributed by atoms with Gasteiger partial charge < -0.3 is 34.4 Å². The van der Waals surface area contributed by atoms with Crippen molar-refractivity contribution in [3.05, 3.63) is 60.8 Å². The van der Waals surface area contributed by atoms with E-state index in [2.05, 4.69) is 64.6 Å². The number of esters is 2. The first-order valence-electron chi connectivity index (χ1n) is 23.0. The van der Waals surface area contributed by atoms with E-state index in [1.807, 2.05) is 12.2 Å². The van der Waals surface area contributed by atoms with Crippen LogP contribution in [-0.4, -0.2) is 81.6 Å². The van der Waals surface area contributed by atoms with Crippen LogP contribution in [0.1, 0.15) is 174 Å². The van der Waals surface area contributed by atoms with Crippen molar-refractivity contribution in [2.75, 3.05) is 26.4 Å². The number of aliphatic hydroxyl groups is 2. The summed E-state index contributed by atoms with van der Waals surface area (Å²) in [6.45, 7) is 1.24. The number of carbonyl (C=O) groups is 2. The van der Waals surface area contributed by atoms with Crippen molar-refractivity contribution in [1.29, 1.82) is 0 Å². The summed E-state index contributed by atoms with van der Waals surface area (Å²) in [4.78, 5) is 52.7. The average Bonchev–Trinajstić information content (AvgIpc) is 3.22. The molecule has 0 aromatic carbocycles. The molecule has 0 aromatic rings. The van der Waals surface area contributed by atoms with E-state index in [9.17, 15) is 33.8 Å². The standard InChI is InChI=1S/C46H82O14P2/c1-3-4-5-6-7-8-9-10-11-12-15-19-22-25-28-31-34-37-46(50)60-44(41-59-62(54,55)58-39-43(48)38-57-61(51,52)53)40-56-45(49)36-33-30-27-24-21-18-16-13-14-17-20-23-26-29-32-35-42(2)47/h10-11,14,16-18,23-24,26-27,42-44,47-48H,3-9,12-13,15,19-22,25,28-41H2,1-2H3,(H,54,55)(H2,51,52,53)/b11-10-,17-14-,18-16-,26-23-,27-24-/t42-,43+,44-/m1/s1. The maximum atomic E-state index is 12.7. The summed E-state index contributed by atoms with van der Waals surface area (Å²) >= 11 is 0. The van der Waals surface area contributed by atoms with E-state index in [1.165, 1.54) is 57.8 Å². The molecule has 0 aliphatic rings. The number of hydrogen-bond donors (Lipinski definition) is 5. The Hall–Kier alpha value is -2.22. The Bertz CT molecular complexity index is 1340. The number of unbranched alkanes of at least 4 members (excludes halogenated alkanes) is 15. The number of hydrogen-bond acceptors (Lipinski definition) is 11. The van der Waals surface area contributed by atoms with Crippen LogP contribution in [0.5, 0.6) is 0 Å². The monoisotopic (exact) mass is 921 g/mol. The second-order valence-corrected chi connectivity index (χ2v) is 18.3. The average molecular weight is 921 g/mol. The number of ether oxygens (including phenoxy) is 2. The van der Waals surface area contributed by atoms with Crippen molar-refractivity contribution in [1.82, 2.24) is 0 Å². The van der Waals surface area contributed by atoms with Crippen LogP contribution < -0.4 is 0 Å². The van der Waals surface area contributed by atoms with Gasteiger partial charge in [0.15, 0.2) is 6.10 Å². The fourth-order valence-corrected chi connectivity index (χ4v) is 7.04. The molecule has 0 heterocycles. The number of phosphoric acid groups is 2. The van der Waals surface area contributed by atoms with Crippen LogP contribution >= 0.6 is 15.6 Å². The van der Waals surface area contributed by atoms with Crippen LogP contribution in [0.2, 0.25) is 0 Å². The molecular weight excluding hydrogens is 838 g/mol. The van der Waals surface area contributed by atoms with E-state index in [4.69, 9.17) is 23.8 Å². The lowest BCUT2D eigenvalue weighted by Gasteiger charge is -2.20. The third kappa shape index (κ3) is 45.8. The van der Waals surface area contributed by atoms with Gasteiger partial charge in [-0.3, -0.25) is 23.2 Å². The van der Waals surface area contributed by atoms with Crippen LogP contribution in [0.4, 0.5) is 0 Å². The predicted molar refractivity (Wildman–Crippen MR) is 245 cm³/mol. The molecule has 62 heavy (non-hydrogen) atoms. The lowest BCUT2D eigenvalue weighted by molar-refractivity contribution is -0.161. The molecule has 0 aromatic heterocycles. The van der Waals surface area contributed by atoms with Gasteiger partial charge in [0.05, 0.1) is 25.9 Å². The van der Waals surface area contributed by atoms with E-state index >= 15 is 0 Å². The van der Waals surface area contributed by atoms with E-state index < -0.39 is 66.2 Å². The highest BCUT2D eigenvalue weighted by Gasteiger charge is 2.28. The van der Waals surface area contributed by atoms with E-state index in [0.717, 1.165) is 70.6 Å². The van der Waals surface area contributed by atoms with E-state index in [-0.39, 0.29) is 18.9 Å². The van der Waals surface area contributed by atoms with Gasteiger partial charge in [-0.1, -0.05) is 132 Å². The topological polar surface area (TPSA) is 216 Å². The van der Waals surface area contributed by atoms with Gasteiger partial charge >= 0.3 is 27.6 Å². The van der Waals surface area contributed by atoms with Crippen LogP contribution in [0.15, 0.2) is 60.8 Å². The second kappa shape index (κ2) is 41.5. The van der Waals surface area contributed by atoms with Crippen molar-refractivity contribution >= 4 is 27.6 Å². The van der Waals surface area contributed by atoms with Crippen molar-refractivity contribution in [2.24, 2.45) is 0 Å². The number of phosphoric ester groups is 2. The maximum Gasteiger partial charge on any atom is 0.472 e. The van der Waals surface area contributed by atoms with Crippen LogP contribution in [0.25, 0.3) is 0 Å². The predicted octanol–water partition coefficient (Wildman–Crippen LogP) is 11.0. The van der Waals surface area contributed by atoms with Gasteiger partial charge in [-0.05, 0) is 90.4 Å². The molecule has 16 heteroatoms. The Morgan fingerprint density at radius 3 is 1.50 bits per heavy atom. The van der Waals surface area contributed by atoms with Crippen molar-refractivity contribution in [3.63, 3.8) is 0 Å². The zero-order valence-corrected chi connectivity index (χ0v) is 39.6. The van der Waals surface area contributed by atoms with Gasteiger partial charge in [-0.25, -0.2) is 9.13 Å². The molecule has 1 unspecified atom stereocenters. The highest BCUT2D eigenvalue weighted by atomic mass is 31.2. The van der Waals surface area contributed by atoms with Gasteiger partial charge in [0.2, 0.25) is 0 Å². The third-order valence-corrected chi connectivity index (χ3v) is 10.8. The van der Waals surface area contributed by atoms with Gasteiger partial charge in [0, 0.05) is 12.8 Å². The van der Waals surface area contributed by atoms with Gasteiger partial charge in [-0.15, -0.1) is 0 Å². The molecule has 0 aliphatic heterocycles. The largest absolute Gasteiger partial charge is 0.472 e. The minimum Gasteiger partial charge on any atom is -0.462 e. The van der Waals surface area contributed by atoms with Crippen molar-refractivity contribution in [3.8, 4) is 0 Å². The fourth-order valence-electron chi connectivity index (χ4n) is 5.88. The summed E-state index contributed by atoms with van der Waals surface area (Å²) in [7, 11) is -9.70. The zero-order valence-electron chi connectivity index (χ0n) is 37.8. The number of aliphatic hydroxyl groups excluding tert-OH is 2. The zero-order chi connectivity index (χ0) is 46.0. The molecule has 0 aliphatic carbocycles. The van der Waals surface area contributed by atoms with Crippen LogP contribution in [-0.2, 0) is 41.8 Å². The van der Waals surface area contributed by atoms with Gasteiger partial charge in [0.25, 0.3) is 0 Å². The van der Waals surface area contributed by atoms with E-state index in [1.54, 1.807) is 6.92 Å². The summed E-state index contributed by atoms with van der Waals surface area (Å²) in [5.74, 6) is -1.12. The molecule has 360 valence electrons. The molecule has 0 bridgehead atoms. The molecule has 0 amide bonds. The lowest BCUT2D eigenvalue weighted by atomic mass is 10.1. The normalized spacial score (nSPS) is 15.0. The van der Waals surface area contributed by atoms with Gasteiger partial charge in [0.1, 0.15) is 12.7 Å². The Labute approximate surface area is 373 Å². The maximum absolute atomic E-state index is 12.7. The van der Waals surface area contributed by atoms with Crippen molar-refractivity contribution < 1.29 is 66.7 Å². The summed E-state index contributed by atoms with van der Waals surface area (Å²) in [5.41, 5.74) is 0. The third-order valence-electron chi connectivity index (χ3n) is 9.39. The Balaban J connectivity index is 4.58. The summed E-state index contributed by atoms with van der Waals surface area (Å²) in [6.07, 6.45) is 42.0. The second-order valence-electron chi connectivity index (χ2n) is 15.6. The quantitative estimate of drug-likeness (QED) is 0.0166. The number of carbonyl (C=O) groups excluding carboxylic acids is 2. The molecule has 0 saturated heterocycles. The Morgan fingerprint density at radius 1 is 0.516 bits per heavy atom. The molecule has 0 fully saturated rings. The first kappa shape index (κ1) is 59.8. The first-order valence-corrected chi connectivity index (χ1v) is 26.0. The molecule has 14 nitrogen and oxygen atoms in total. The summed E-state index contributed by atoms with van der Waals surface area (Å²) in [6, 6.07) is 0. The van der Waals surface area contributed by atoms with Crippen LogP contribution in [0, 0.1) is 0 Å². The highest BCUT2D eigenvalue weighted by molar-refractivity contribution is 7.47. The minimum absolute atomic E-state index is 0.105. The Kier molecular flexibility index (Phi) is 40.0. The minimum atomic E-state index is -4.87. The van der Waals surface area contributed by atoms with Crippen LogP contribution in [0.3, 0.4) is 0 Å². The smallest absolute Gasteiger partial charge is 0.462 e. The summed E-state index contributed by atoms with van der Waals surface area (Å²) in [5, 5.41) is 19.0.